The molecule has 3 rings (SSSR count). The number of benzene rings is 1. The number of methoxy groups -OCH3 is 1. The average molecular weight is 369 g/mol. The standard InChI is InChI=1S/C21H27N3O3/c1-3-6-20-19(12-22-15-23-20)21(25)24-10-5-7-16(13-24)14-27-18-9-4-8-17(11-18)26-2/h4,8-9,11-12,15-16H,3,5-7,10,13-14H2,1-2H3/t16-/m1/s1. The summed E-state index contributed by atoms with van der Waals surface area (Å²) in [5.74, 6) is 1.92. The minimum absolute atomic E-state index is 0.0325. The Morgan fingerprint density at radius 3 is 3.00 bits per heavy atom. The van der Waals surface area contributed by atoms with Crippen molar-refractivity contribution in [2.75, 3.05) is 26.8 Å². The van der Waals surface area contributed by atoms with Crippen LogP contribution in [-0.2, 0) is 6.42 Å². The zero-order chi connectivity index (χ0) is 19.1. The van der Waals surface area contributed by atoms with Crippen LogP contribution < -0.4 is 9.47 Å². The Morgan fingerprint density at radius 1 is 1.33 bits per heavy atom. The molecule has 2 aromatic rings. The molecule has 0 spiro atoms. The van der Waals surface area contributed by atoms with Gasteiger partial charge in [-0.3, -0.25) is 4.79 Å². The van der Waals surface area contributed by atoms with E-state index in [1.165, 1.54) is 6.33 Å². The van der Waals surface area contributed by atoms with E-state index in [0.29, 0.717) is 24.6 Å². The largest absolute Gasteiger partial charge is 0.497 e. The zero-order valence-corrected chi connectivity index (χ0v) is 16.1. The van der Waals surface area contributed by atoms with E-state index in [1.807, 2.05) is 29.2 Å². The van der Waals surface area contributed by atoms with Crippen molar-refractivity contribution in [3.63, 3.8) is 0 Å². The monoisotopic (exact) mass is 369 g/mol. The second-order valence-corrected chi connectivity index (χ2v) is 6.88. The van der Waals surface area contributed by atoms with Crippen LogP contribution in [0.5, 0.6) is 11.5 Å². The van der Waals surface area contributed by atoms with Gasteiger partial charge in [0.1, 0.15) is 17.8 Å². The van der Waals surface area contributed by atoms with Crippen molar-refractivity contribution in [2.45, 2.75) is 32.6 Å². The van der Waals surface area contributed by atoms with E-state index < -0.39 is 0 Å². The van der Waals surface area contributed by atoms with Gasteiger partial charge in [-0.15, -0.1) is 0 Å². The van der Waals surface area contributed by atoms with Crippen LogP contribution in [0, 0.1) is 5.92 Å². The second kappa shape index (κ2) is 9.35. The number of hydrogen-bond donors (Lipinski definition) is 0. The van der Waals surface area contributed by atoms with E-state index in [4.69, 9.17) is 9.47 Å². The van der Waals surface area contributed by atoms with Gasteiger partial charge in [0.15, 0.2) is 0 Å². The van der Waals surface area contributed by atoms with Gasteiger partial charge in [-0.1, -0.05) is 19.4 Å². The first-order valence-electron chi connectivity index (χ1n) is 9.56. The minimum atomic E-state index is 0.0325. The number of aryl methyl sites for hydroxylation is 1. The van der Waals surface area contributed by atoms with Crippen molar-refractivity contribution >= 4 is 5.91 Å². The first kappa shape index (κ1) is 19.1. The molecule has 144 valence electrons. The van der Waals surface area contributed by atoms with Crippen molar-refractivity contribution in [3.05, 3.63) is 48.0 Å². The molecule has 1 aliphatic heterocycles. The van der Waals surface area contributed by atoms with E-state index in [1.54, 1.807) is 13.3 Å². The minimum Gasteiger partial charge on any atom is -0.497 e. The third kappa shape index (κ3) is 4.96. The molecule has 0 N–H and O–H groups in total. The summed E-state index contributed by atoms with van der Waals surface area (Å²) in [6.07, 6.45) is 6.95. The summed E-state index contributed by atoms with van der Waals surface area (Å²) in [6.45, 7) is 4.14. The quantitative estimate of drug-likeness (QED) is 0.749. The van der Waals surface area contributed by atoms with Gasteiger partial charge in [0.25, 0.3) is 5.91 Å². The Labute approximate surface area is 160 Å². The van der Waals surface area contributed by atoms with Gasteiger partial charge in [0.2, 0.25) is 0 Å². The van der Waals surface area contributed by atoms with Crippen LogP contribution >= 0.6 is 0 Å². The molecule has 0 unspecified atom stereocenters. The molecule has 1 aromatic carbocycles. The highest BCUT2D eigenvalue weighted by Crippen LogP contribution is 2.23. The number of rotatable bonds is 7. The molecule has 6 nitrogen and oxygen atoms in total. The number of ether oxygens (including phenoxy) is 2. The molecule has 0 bridgehead atoms. The van der Waals surface area contributed by atoms with Crippen molar-refractivity contribution in [1.82, 2.24) is 14.9 Å². The van der Waals surface area contributed by atoms with Crippen LogP contribution in [0.15, 0.2) is 36.8 Å². The number of carbonyl (C=O) groups is 1. The molecule has 2 heterocycles. The third-order valence-corrected chi connectivity index (χ3v) is 4.85. The third-order valence-electron chi connectivity index (χ3n) is 4.85. The number of piperidine rings is 1. The Morgan fingerprint density at radius 2 is 2.19 bits per heavy atom. The molecule has 1 saturated heterocycles. The fraction of sp³-hybridized carbons (Fsp3) is 0.476. The lowest BCUT2D eigenvalue weighted by molar-refractivity contribution is 0.0631. The maximum Gasteiger partial charge on any atom is 0.257 e. The lowest BCUT2D eigenvalue weighted by Gasteiger charge is -2.33. The summed E-state index contributed by atoms with van der Waals surface area (Å²) in [7, 11) is 1.64. The van der Waals surface area contributed by atoms with Crippen molar-refractivity contribution in [2.24, 2.45) is 5.92 Å². The van der Waals surface area contributed by atoms with Crippen molar-refractivity contribution in [3.8, 4) is 11.5 Å². The number of carbonyl (C=O) groups excluding carboxylic acids is 1. The molecule has 0 aliphatic carbocycles. The fourth-order valence-electron chi connectivity index (χ4n) is 3.43. The predicted molar refractivity (Wildman–Crippen MR) is 103 cm³/mol. The van der Waals surface area contributed by atoms with E-state index in [9.17, 15) is 4.79 Å². The van der Waals surface area contributed by atoms with E-state index in [0.717, 1.165) is 49.4 Å². The number of amides is 1. The zero-order valence-electron chi connectivity index (χ0n) is 16.1. The summed E-state index contributed by atoms with van der Waals surface area (Å²) in [4.78, 5) is 23.3. The Kier molecular flexibility index (Phi) is 6.63. The van der Waals surface area contributed by atoms with Gasteiger partial charge >= 0.3 is 0 Å². The van der Waals surface area contributed by atoms with Crippen LogP contribution in [0.3, 0.4) is 0 Å². The van der Waals surface area contributed by atoms with Crippen molar-refractivity contribution < 1.29 is 14.3 Å². The van der Waals surface area contributed by atoms with E-state index in [-0.39, 0.29) is 5.91 Å². The van der Waals surface area contributed by atoms with E-state index in [2.05, 4.69) is 16.9 Å². The number of aromatic nitrogens is 2. The number of hydrogen-bond acceptors (Lipinski definition) is 5. The first-order chi connectivity index (χ1) is 13.2. The molecule has 1 fully saturated rings. The fourth-order valence-corrected chi connectivity index (χ4v) is 3.43. The Balaban J connectivity index is 1.61. The summed E-state index contributed by atoms with van der Waals surface area (Å²) >= 11 is 0. The van der Waals surface area contributed by atoms with Crippen LogP contribution in [0.1, 0.15) is 42.2 Å². The van der Waals surface area contributed by atoms with Gasteiger partial charge < -0.3 is 14.4 Å². The van der Waals surface area contributed by atoms with Gasteiger partial charge in [0.05, 0.1) is 25.0 Å². The first-order valence-corrected chi connectivity index (χ1v) is 9.56. The molecule has 6 heteroatoms. The Bertz CT molecular complexity index is 766. The topological polar surface area (TPSA) is 64.6 Å². The molecule has 1 aliphatic rings. The van der Waals surface area contributed by atoms with Crippen LogP contribution in [0.4, 0.5) is 0 Å². The predicted octanol–water partition coefficient (Wildman–Crippen LogP) is 3.37. The lowest BCUT2D eigenvalue weighted by atomic mass is 9.98. The molecule has 0 saturated carbocycles. The highest BCUT2D eigenvalue weighted by Gasteiger charge is 2.26. The summed E-state index contributed by atoms with van der Waals surface area (Å²) in [6, 6.07) is 7.61. The van der Waals surface area contributed by atoms with Gasteiger partial charge in [0, 0.05) is 31.3 Å². The molecular formula is C21H27N3O3. The van der Waals surface area contributed by atoms with Crippen LogP contribution in [0.25, 0.3) is 0 Å². The lowest BCUT2D eigenvalue weighted by Crippen LogP contribution is -2.42. The number of likely N-dealkylation sites (tertiary alicyclic amines) is 1. The Hall–Kier alpha value is -2.63. The average Bonchev–Trinajstić information content (AvgIpc) is 2.73. The number of nitrogens with zero attached hydrogens (tertiary/aromatic N) is 3. The normalized spacial score (nSPS) is 16.8. The van der Waals surface area contributed by atoms with Gasteiger partial charge in [-0.25, -0.2) is 9.97 Å². The maximum absolute atomic E-state index is 13.0. The molecule has 0 radical (unpaired) electrons. The highest BCUT2D eigenvalue weighted by atomic mass is 16.5. The van der Waals surface area contributed by atoms with Gasteiger partial charge in [-0.2, -0.15) is 0 Å². The molecule has 1 amide bonds. The smallest absolute Gasteiger partial charge is 0.257 e. The molecule has 27 heavy (non-hydrogen) atoms. The van der Waals surface area contributed by atoms with Crippen molar-refractivity contribution in [1.29, 1.82) is 0 Å². The summed E-state index contributed by atoms with van der Waals surface area (Å²) in [5.41, 5.74) is 1.47. The summed E-state index contributed by atoms with van der Waals surface area (Å²) in [5, 5.41) is 0. The van der Waals surface area contributed by atoms with Crippen LogP contribution in [0.2, 0.25) is 0 Å². The SMILES string of the molecule is CCCc1ncncc1C(=O)N1CCC[C@@H](COc2cccc(OC)c2)C1. The highest BCUT2D eigenvalue weighted by molar-refractivity contribution is 5.95. The molecular weight excluding hydrogens is 342 g/mol. The van der Waals surface area contributed by atoms with Crippen LogP contribution in [-0.4, -0.2) is 47.6 Å². The maximum atomic E-state index is 13.0. The second-order valence-electron chi connectivity index (χ2n) is 6.88. The molecule has 1 aromatic heterocycles. The van der Waals surface area contributed by atoms with Gasteiger partial charge in [-0.05, 0) is 31.4 Å². The summed E-state index contributed by atoms with van der Waals surface area (Å²) < 4.78 is 11.2. The molecule has 1 atom stereocenters. The van der Waals surface area contributed by atoms with E-state index >= 15 is 0 Å².